The molecule has 3 rings (SSSR count). The van der Waals surface area contributed by atoms with Crippen molar-refractivity contribution < 1.29 is 19.1 Å². The van der Waals surface area contributed by atoms with Crippen LogP contribution in [0.15, 0.2) is 24.3 Å². The van der Waals surface area contributed by atoms with Crippen LogP contribution in [-0.4, -0.2) is 44.0 Å². The van der Waals surface area contributed by atoms with Gasteiger partial charge in [-0.2, -0.15) is 0 Å². The van der Waals surface area contributed by atoms with Gasteiger partial charge in [-0.1, -0.05) is 0 Å². The lowest BCUT2D eigenvalue weighted by atomic mass is 10.1. The molecule has 1 heterocycles. The van der Waals surface area contributed by atoms with Gasteiger partial charge in [-0.05, 0) is 37.1 Å². The van der Waals surface area contributed by atoms with Gasteiger partial charge in [0.25, 0.3) is 0 Å². The van der Waals surface area contributed by atoms with Gasteiger partial charge < -0.3 is 20.3 Å². The Morgan fingerprint density at radius 3 is 2.60 bits per heavy atom. The van der Waals surface area contributed by atoms with Crippen LogP contribution in [0.2, 0.25) is 0 Å². The second-order valence-electron chi connectivity index (χ2n) is 6.49. The van der Waals surface area contributed by atoms with Gasteiger partial charge >= 0.3 is 0 Å². The minimum Gasteiger partial charge on any atom is -0.497 e. The minimum atomic E-state index is -0.388. The van der Waals surface area contributed by atoms with Crippen molar-refractivity contribution in [3.05, 3.63) is 24.3 Å². The number of amides is 3. The second kappa shape index (κ2) is 7.55. The van der Waals surface area contributed by atoms with Crippen LogP contribution in [0.25, 0.3) is 0 Å². The van der Waals surface area contributed by atoms with E-state index in [-0.39, 0.29) is 36.5 Å². The maximum atomic E-state index is 12.2. The lowest BCUT2D eigenvalue weighted by molar-refractivity contribution is -0.126. The molecule has 1 aromatic carbocycles. The highest BCUT2D eigenvalue weighted by Crippen LogP contribution is 2.26. The first-order valence-electron chi connectivity index (χ1n) is 8.58. The van der Waals surface area contributed by atoms with Crippen LogP contribution in [-0.2, 0) is 14.4 Å². The Bertz CT molecular complexity index is 655. The SMILES string of the molecule is COc1ccc(N2C[C@H](C(=O)NCCC(=O)NC3CC3)CC2=O)cc1. The quantitative estimate of drug-likeness (QED) is 0.766. The molecular formula is C18H23N3O4. The van der Waals surface area contributed by atoms with Crippen LogP contribution in [0.1, 0.15) is 25.7 Å². The zero-order valence-corrected chi connectivity index (χ0v) is 14.3. The van der Waals surface area contributed by atoms with Gasteiger partial charge in [0.2, 0.25) is 17.7 Å². The molecule has 0 aromatic heterocycles. The van der Waals surface area contributed by atoms with Crippen LogP contribution >= 0.6 is 0 Å². The molecule has 1 aliphatic carbocycles. The van der Waals surface area contributed by atoms with Gasteiger partial charge in [-0.25, -0.2) is 0 Å². The van der Waals surface area contributed by atoms with Gasteiger partial charge in [-0.15, -0.1) is 0 Å². The first-order chi connectivity index (χ1) is 12.1. The predicted octanol–water partition coefficient (Wildman–Crippen LogP) is 0.833. The fourth-order valence-corrected chi connectivity index (χ4v) is 2.87. The number of anilines is 1. The van der Waals surface area contributed by atoms with Crippen molar-refractivity contribution >= 4 is 23.4 Å². The number of carbonyl (C=O) groups excluding carboxylic acids is 3. The summed E-state index contributed by atoms with van der Waals surface area (Å²) in [6.07, 6.45) is 2.55. The molecule has 0 unspecified atom stereocenters. The third kappa shape index (κ3) is 4.49. The maximum Gasteiger partial charge on any atom is 0.227 e. The molecular weight excluding hydrogens is 322 g/mol. The molecule has 2 aliphatic rings. The van der Waals surface area contributed by atoms with E-state index < -0.39 is 0 Å². The number of hydrogen-bond acceptors (Lipinski definition) is 4. The topological polar surface area (TPSA) is 87.7 Å². The Labute approximate surface area is 146 Å². The van der Waals surface area contributed by atoms with E-state index in [0.29, 0.717) is 24.9 Å². The number of ether oxygens (including phenoxy) is 1. The molecule has 1 saturated carbocycles. The summed E-state index contributed by atoms with van der Waals surface area (Å²) in [5, 5.41) is 5.64. The van der Waals surface area contributed by atoms with E-state index in [9.17, 15) is 14.4 Å². The highest BCUT2D eigenvalue weighted by molar-refractivity contribution is 6.00. The van der Waals surface area contributed by atoms with Gasteiger partial charge in [0.05, 0.1) is 13.0 Å². The molecule has 3 amide bonds. The Hall–Kier alpha value is -2.57. The van der Waals surface area contributed by atoms with Crippen LogP contribution in [0.4, 0.5) is 5.69 Å². The van der Waals surface area contributed by atoms with E-state index in [1.807, 2.05) is 0 Å². The molecule has 2 fully saturated rings. The normalized spacial score (nSPS) is 19.6. The summed E-state index contributed by atoms with van der Waals surface area (Å²) in [6.45, 7) is 0.649. The molecule has 0 spiro atoms. The van der Waals surface area contributed by atoms with E-state index in [1.165, 1.54) is 0 Å². The lowest BCUT2D eigenvalue weighted by Crippen LogP contribution is -2.36. The Kier molecular flexibility index (Phi) is 5.21. The summed E-state index contributed by atoms with van der Waals surface area (Å²) in [4.78, 5) is 37.7. The van der Waals surface area contributed by atoms with Gasteiger partial charge in [0, 0.05) is 37.7 Å². The van der Waals surface area contributed by atoms with Gasteiger partial charge in [0.15, 0.2) is 0 Å². The Balaban J connectivity index is 1.47. The molecule has 0 bridgehead atoms. The number of methoxy groups -OCH3 is 1. The predicted molar refractivity (Wildman–Crippen MR) is 92.2 cm³/mol. The molecule has 1 aromatic rings. The third-order valence-electron chi connectivity index (χ3n) is 4.47. The fourth-order valence-electron chi connectivity index (χ4n) is 2.87. The minimum absolute atomic E-state index is 0.0369. The van der Waals surface area contributed by atoms with E-state index in [4.69, 9.17) is 4.74 Å². The monoisotopic (exact) mass is 345 g/mol. The van der Waals surface area contributed by atoms with Crippen molar-refractivity contribution in [1.82, 2.24) is 10.6 Å². The smallest absolute Gasteiger partial charge is 0.227 e. The van der Waals surface area contributed by atoms with Gasteiger partial charge in [0.1, 0.15) is 5.75 Å². The second-order valence-corrected chi connectivity index (χ2v) is 6.49. The number of carbonyl (C=O) groups is 3. The molecule has 1 aliphatic heterocycles. The summed E-state index contributed by atoms with van der Waals surface area (Å²) < 4.78 is 5.11. The number of nitrogens with zero attached hydrogens (tertiary/aromatic N) is 1. The van der Waals surface area contributed by atoms with Crippen LogP contribution in [0.5, 0.6) is 5.75 Å². The standard InChI is InChI=1S/C18H23N3O4/c1-25-15-6-4-14(5-7-15)21-11-12(10-17(21)23)18(24)19-9-8-16(22)20-13-2-3-13/h4-7,12-13H,2-3,8-11H2,1H3,(H,19,24)(H,20,22)/t12-/m1/s1. The van der Waals surface area contributed by atoms with Crippen molar-refractivity contribution in [2.24, 2.45) is 5.92 Å². The number of hydrogen-bond donors (Lipinski definition) is 2. The average Bonchev–Trinajstić information content (AvgIpc) is 3.33. The van der Waals surface area contributed by atoms with Gasteiger partial charge in [-0.3, -0.25) is 14.4 Å². The van der Waals surface area contributed by atoms with Crippen LogP contribution in [0, 0.1) is 5.92 Å². The molecule has 2 N–H and O–H groups in total. The van der Waals surface area contributed by atoms with Crippen molar-refractivity contribution in [3.8, 4) is 5.75 Å². The van der Waals surface area contributed by atoms with E-state index in [1.54, 1.807) is 36.3 Å². The Morgan fingerprint density at radius 1 is 1.24 bits per heavy atom. The van der Waals surface area contributed by atoms with Crippen LogP contribution < -0.4 is 20.3 Å². The summed E-state index contributed by atoms with van der Waals surface area (Å²) in [5.74, 6) is 0.0424. The number of benzene rings is 1. The summed E-state index contributed by atoms with van der Waals surface area (Å²) in [5.41, 5.74) is 0.755. The largest absolute Gasteiger partial charge is 0.497 e. The molecule has 0 radical (unpaired) electrons. The molecule has 7 nitrogen and oxygen atoms in total. The third-order valence-corrected chi connectivity index (χ3v) is 4.47. The van der Waals surface area contributed by atoms with E-state index >= 15 is 0 Å². The van der Waals surface area contributed by atoms with Crippen molar-refractivity contribution in [2.75, 3.05) is 25.1 Å². The maximum absolute atomic E-state index is 12.2. The molecule has 7 heteroatoms. The van der Waals surface area contributed by atoms with Crippen molar-refractivity contribution in [2.45, 2.75) is 31.7 Å². The lowest BCUT2D eigenvalue weighted by Gasteiger charge is -2.17. The molecule has 25 heavy (non-hydrogen) atoms. The van der Waals surface area contributed by atoms with Crippen LogP contribution in [0.3, 0.4) is 0 Å². The van der Waals surface area contributed by atoms with E-state index in [0.717, 1.165) is 18.5 Å². The molecule has 134 valence electrons. The summed E-state index contributed by atoms with van der Waals surface area (Å²) in [7, 11) is 1.58. The number of nitrogens with one attached hydrogen (secondary N) is 2. The fraction of sp³-hybridized carbons (Fsp3) is 0.500. The molecule has 1 atom stereocenters. The highest BCUT2D eigenvalue weighted by atomic mass is 16.5. The van der Waals surface area contributed by atoms with E-state index in [2.05, 4.69) is 10.6 Å². The Morgan fingerprint density at radius 2 is 1.96 bits per heavy atom. The summed E-state index contributed by atoms with van der Waals surface area (Å²) >= 11 is 0. The summed E-state index contributed by atoms with van der Waals surface area (Å²) in [6, 6.07) is 7.51. The average molecular weight is 345 g/mol. The molecule has 1 saturated heterocycles. The zero-order chi connectivity index (χ0) is 17.8. The first-order valence-corrected chi connectivity index (χ1v) is 8.58. The zero-order valence-electron chi connectivity index (χ0n) is 14.3. The number of rotatable bonds is 7. The van der Waals surface area contributed by atoms with Crippen molar-refractivity contribution in [1.29, 1.82) is 0 Å². The highest BCUT2D eigenvalue weighted by Gasteiger charge is 2.35. The van der Waals surface area contributed by atoms with Crippen molar-refractivity contribution in [3.63, 3.8) is 0 Å². The first kappa shape index (κ1) is 17.3.